The van der Waals surface area contributed by atoms with E-state index in [4.69, 9.17) is 11.6 Å². The number of hydrogen-bond acceptors (Lipinski definition) is 5. The fraction of sp³-hybridized carbons (Fsp3) is 0.250. The average molecular weight is 465 g/mol. The molecule has 1 amide bonds. The Morgan fingerprint density at radius 1 is 1.21 bits per heavy atom. The van der Waals surface area contributed by atoms with Gasteiger partial charge in [0.2, 0.25) is 0 Å². The largest absolute Gasteiger partial charge is 0.347 e. The van der Waals surface area contributed by atoms with Gasteiger partial charge in [0.25, 0.3) is 5.91 Å². The van der Waals surface area contributed by atoms with Crippen LogP contribution in [0.15, 0.2) is 48.8 Å². The summed E-state index contributed by atoms with van der Waals surface area (Å²) in [5, 5.41) is 11.6. The van der Waals surface area contributed by atoms with Crippen LogP contribution >= 0.6 is 11.6 Å². The highest BCUT2D eigenvalue weighted by Gasteiger charge is 2.34. The normalized spacial score (nSPS) is 18.7. The molecule has 1 fully saturated rings. The van der Waals surface area contributed by atoms with E-state index in [-0.39, 0.29) is 23.7 Å². The standard InChI is InChI=1S/C24H22ClFN6O/c1-13-7-14(5-6-27-13)22-18-8-15(10-28-23(18)31-30-22)24(33)29-21-12-32(2)11-19(21)17-4-3-16(26)9-20(17)25/h3-10,19,21H,11-12H2,1-2H3,(H,29,33)(H,28,30,31)/t19-,21+/m1/s1. The van der Waals surface area contributed by atoms with E-state index in [1.807, 2.05) is 26.1 Å². The Morgan fingerprint density at radius 3 is 2.85 bits per heavy atom. The Morgan fingerprint density at radius 2 is 2.06 bits per heavy atom. The van der Waals surface area contributed by atoms with Gasteiger partial charge in [-0.1, -0.05) is 17.7 Å². The first kappa shape index (κ1) is 21.5. The third-order valence-electron chi connectivity index (χ3n) is 6.03. The lowest BCUT2D eigenvalue weighted by atomic mass is 9.94. The molecule has 0 saturated carbocycles. The number of nitrogens with one attached hydrogen (secondary N) is 2. The number of hydrogen-bond donors (Lipinski definition) is 2. The molecule has 9 heteroatoms. The van der Waals surface area contributed by atoms with Gasteiger partial charge in [0.05, 0.1) is 5.56 Å². The predicted octanol–water partition coefficient (Wildman–Crippen LogP) is 3.95. The van der Waals surface area contributed by atoms with Gasteiger partial charge in [0.1, 0.15) is 11.5 Å². The maximum absolute atomic E-state index is 13.5. The molecule has 1 aromatic carbocycles. The summed E-state index contributed by atoms with van der Waals surface area (Å²) in [7, 11) is 1.98. The summed E-state index contributed by atoms with van der Waals surface area (Å²) >= 11 is 6.32. The van der Waals surface area contributed by atoms with Crippen molar-refractivity contribution in [3.05, 3.63) is 76.5 Å². The molecule has 3 aromatic heterocycles. The van der Waals surface area contributed by atoms with Crippen molar-refractivity contribution in [1.29, 1.82) is 0 Å². The monoisotopic (exact) mass is 464 g/mol. The van der Waals surface area contributed by atoms with E-state index in [2.05, 4.69) is 30.4 Å². The van der Waals surface area contributed by atoms with Crippen LogP contribution in [0.3, 0.4) is 0 Å². The number of likely N-dealkylation sites (tertiary alicyclic amines) is 1. The van der Waals surface area contributed by atoms with Crippen molar-refractivity contribution in [3.8, 4) is 11.3 Å². The number of amides is 1. The highest BCUT2D eigenvalue weighted by Crippen LogP contribution is 2.33. The van der Waals surface area contributed by atoms with Crippen molar-refractivity contribution in [2.75, 3.05) is 20.1 Å². The number of fused-ring (bicyclic) bond motifs is 1. The molecule has 0 unspecified atom stereocenters. The maximum atomic E-state index is 13.5. The zero-order valence-corrected chi connectivity index (χ0v) is 18.9. The molecule has 2 N–H and O–H groups in total. The Labute approximate surface area is 195 Å². The molecule has 2 atom stereocenters. The van der Waals surface area contributed by atoms with Crippen LogP contribution in [0.5, 0.6) is 0 Å². The first-order valence-electron chi connectivity index (χ1n) is 10.6. The van der Waals surface area contributed by atoms with Crippen LogP contribution in [-0.2, 0) is 0 Å². The van der Waals surface area contributed by atoms with E-state index >= 15 is 0 Å². The van der Waals surface area contributed by atoms with Crippen molar-refractivity contribution in [2.45, 2.75) is 18.9 Å². The van der Waals surface area contributed by atoms with E-state index in [1.165, 1.54) is 18.3 Å². The minimum Gasteiger partial charge on any atom is -0.347 e. The van der Waals surface area contributed by atoms with Crippen molar-refractivity contribution >= 4 is 28.5 Å². The van der Waals surface area contributed by atoms with Gasteiger partial charge >= 0.3 is 0 Å². The third kappa shape index (κ3) is 4.19. The number of carbonyl (C=O) groups is 1. The second-order valence-corrected chi connectivity index (χ2v) is 8.86. The van der Waals surface area contributed by atoms with E-state index in [0.29, 0.717) is 35.0 Å². The molecule has 5 rings (SSSR count). The van der Waals surface area contributed by atoms with Gasteiger partial charge < -0.3 is 10.2 Å². The summed E-state index contributed by atoms with van der Waals surface area (Å²) in [6.45, 7) is 3.28. The number of aryl methyl sites for hydroxylation is 1. The van der Waals surface area contributed by atoms with Crippen molar-refractivity contribution in [1.82, 2.24) is 30.4 Å². The predicted molar refractivity (Wildman–Crippen MR) is 125 cm³/mol. The van der Waals surface area contributed by atoms with Gasteiger partial charge in [-0.3, -0.25) is 14.9 Å². The number of rotatable bonds is 4. The molecular formula is C24H22ClFN6O. The smallest absolute Gasteiger partial charge is 0.253 e. The van der Waals surface area contributed by atoms with E-state index < -0.39 is 0 Å². The summed E-state index contributed by atoms with van der Waals surface area (Å²) < 4.78 is 13.5. The minimum atomic E-state index is -0.379. The molecule has 0 radical (unpaired) electrons. The van der Waals surface area contributed by atoms with Crippen molar-refractivity contribution in [2.24, 2.45) is 0 Å². The van der Waals surface area contributed by atoms with Gasteiger partial charge in [-0.15, -0.1) is 0 Å². The Kier molecular flexibility index (Phi) is 5.55. The van der Waals surface area contributed by atoms with Gasteiger partial charge in [-0.2, -0.15) is 5.10 Å². The highest BCUT2D eigenvalue weighted by atomic mass is 35.5. The quantitative estimate of drug-likeness (QED) is 0.477. The number of pyridine rings is 2. The van der Waals surface area contributed by atoms with E-state index in [1.54, 1.807) is 18.3 Å². The molecular weight excluding hydrogens is 443 g/mol. The molecule has 0 spiro atoms. The summed E-state index contributed by atoms with van der Waals surface area (Å²) in [5.74, 6) is -0.658. The Hall–Kier alpha value is -3.36. The van der Waals surface area contributed by atoms with Gasteiger partial charge in [-0.25, -0.2) is 9.37 Å². The Balaban J connectivity index is 1.43. The second-order valence-electron chi connectivity index (χ2n) is 8.45. The number of aromatic nitrogens is 4. The lowest BCUT2D eigenvalue weighted by molar-refractivity contribution is 0.0935. The molecule has 1 aliphatic heterocycles. The fourth-order valence-corrected chi connectivity index (χ4v) is 4.76. The van der Waals surface area contributed by atoms with Crippen LogP contribution in [0.1, 0.15) is 27.5 Å². The van der Waals surface area contributed by atoms with Crippen molar-refractivity contribution < 1.29 is 9.18 Å². The highest BCUT2D eigenvalue weighted by molar-refractivity contribution is 6.31. The lowest BCUT2D eigenvalue weighted by Crippen LogP contribution is -2.39. The molecule has 4 aromatic rings. The zero-order valence-electron chi connectivity index (χ0n) is 18.1. The topological polar surface area (TPSA) is 86.8 Å². The molecule has 33 heavy (non-hydrogen) atoms. The molecule has 1 saturated heterocycles. The third-order valence-corrected chi connectivity index (χ3v) is 6.36. The summed E-state index contributed by atoms with van der Waals surface area (Å²) in [6.07, 6.45) is 3.27. The number of carbonyl (C=O) groups excluding carboxylic acids is 1. The number of aromatic amines is 1. The number of H-pyrrole nitrogens is 1. The van der Waals surface area contributed by atoms with Crippen LogP contribution in [0.4, 0.5) is 4.39 Å². The number of likely N-dealkylation sites (N-methyl/N-ethyl adjacent to an activating group) is 1. The first-order valence-corrected chi connectivity index (χ1v) is 11.0. The Bertz CT molecular complexity index is 1360. The number of halogens is 2. The number of nitrogens with zero attached hydrogens (tertiary/aromatic N) is 4. The molecule has 1 aliphatic rings. The summed E-state index contributed by atoms with van der Waals surface area (Å²) in [4.78, 5) is 23.9. The van der Waals surface area contributed by atoms with Crippen LogP contribution < -0.4 is 5.32 Å². The number of benzene rings is 1. The van der Waals surface area contributed by atoms with Crippen LogP contribution in [-0.4, -0.2) is 57.2 Å². The molecule has 168 valence electrons. The zero-order chi connectivity index (χ0) is 23.1. The van der Waals surface area contributed by atoms with Crippen LogP contribution in [0.25, 0.3) is 22.3 Å². The fourth-order valence-electron chi connectivity index (χ4n) is 4.46. The minimum absolute atomic E-state index is 0.0481. The van der Waals surface area contributed by atoms with Crippen LogP contribution in [0.2, 0.25) is 5.02 Å². The van der Waals surface area contributed by atoms with Gasteiger partial charge in [0, 0.05) is 59.1 Å². The average Bonchev–Trinajstić information content (AvgIpc) is 3.36. The lowest BCUT2D eigenvalue weighted by Gasteiger charge is -2.21. The molecule has 7 nitrogen and oxygen atoms in total. The summed E-state index contributed by atoms with van der Waals surface area (Å²) in [5.41, 5.74) is 4.36. The van der Waals surface area contributed by atoms with Gasteiger partial charge in [0.15, 0.2) is 5.65 Å². The summed E-state index contributed by atoms with van der Waals surface area (Å²) in [6, 6.07) is 9.85. The maximum Gasteiger partial charge on any atom is 0.253 e. The van der Waals surface area contributed by atoms with Crippen molar-refractivity contribution in [3.63, 3.8) is 0 Å². The van der Waals surface area contributed by atoms with Crippen LogP contribution in [0, 0.1) is 12.7 Å². The molecule has 0 bridgehead atoms. The second kappa shape index (κ2) is 8.53. The van der Waals surface area contributed by atoms with E-state index in [0.717, 1.165) is 22.2 Å². The molecule has 0 aliphatic carbocycles. The SMILES string of the molecule is Cc1cc(-c2n[nH]c3ncc(C(=O)N[C@H]4CN(C)C[C@@H]4c4ccc(F)cc4Cl)cc23)ccn1. The van der Waals surface area contributed by atoms with Gasteiger partial charge in [-0.05, 0) is 49.9 Å². The van der Waals surface area contributed by atoms with E-state index in [9.17, 15) is 9.18 Å². The first-order chi connectivity index (χ1) is 15.9. The molecule has 4 heterocycles.